The SMILES string of the molecule is CCCCCCCCCCCCCCCCCCOC(=O)[C@H](CC(=O)O)S(=O)(=O)O. The fourth-order valence-corrected chi connectivity index (χ4v) is 4.05. The van der Waals surface area contributed by atoms with Crippen LogP contribution in [0.1, 0.15) is 116 Å². The Morgan fingerprint density at radius 3 is 1.43 bits per heavy atom. The van der Waals surface area contributed by atoms with E-state index in [9.17, 15) is 18.0 Å². The fourth-order valence-electron chi connectivity index (χ4n) is 3.38. The lowest BCUT2D eigenvalue weighted by Crippen LogP contribution is -2.34. The summed E-state index contributed by atoms with van der Waals surface area (Å²) in [5.41, 5.74) is 0. The van der Waals surface area contributed by atoms with E-state index in [1.54, 1.807) is 0 Å². The van der Waals surface area contributed by atoms with Crippen molar-refractivity contribution in [1.29, 1.82) is 0 Å². The molecule has 0 aromatic rings. The second-order valence-electron chi connectivity index (χ2n) is 8.07. The van der Waals surface area contributed by atoms with Gasteiger partial charge in [0.05, 0.1) is 13.0 Å². The minimum Gasteiger partial charge on any atom is -0.481 e. The van der Waals surface area contributed by atoms with Crippen LogP contribution >= 0.6 is 0 Å². The number of hydrogen-bond donors (Lipinski definition) is 2. The predicted molar refractivity (Wildman–Crippen MR) is 118 cm³/mol. The van der Waals surface area contributed by atoms with Gasteiger partial charge in [-0.1, -0.05) is 103 Å². The minimum atomic E-state index is -4.79. The molecule has 0 unspecified atom stereocenters. The summed E-state index contributed by atoms with van der Waals surface area (Å²) < 4.78 is 35.9. The first kappa shape index (κ1) is 28.9. The molecule has 0 aliphatic carbocycles. The molecule has 0 bridgehead atoms. The van der Waals surface area contributed by atoms with E-state index in [1.165, 1.54) is 77.0 Å². The Balaban J connectivity index is 3.49. The van der Waals surface area contributed by atoms with Crippen LogP contribution in [0.5, 0.6) is 0 Å². The highest BCUT2D eigenvalue weighted by molar-refractivity contribution is 7.87. The van der Waals surface area contributed by atoms with Crippen LogP contribution in [0.3, 0.4) is 0 Å². The summed E-state index contributed by atoms with van der Waals surface area (Å²) >= 11 is 0. The zero-order chi connectivity index (χ0) is 22.7. The van der Waals surface area contributed by atoms with E-state index in [0.29, 0.717) is 6.42 Å². The molecule has 0 saturated carbocycles. The van der Waals surface area contributed by atoms with Crippen LogP contribution in [0.4, 0.5) is 0 Å². The number of unbranched alkanes of at least 4 members (excludes halogenated alkanes) is 15. The van der Waals surface area contributed by atoms with Crippen molar-refractivity contribution >= 4 is 22.1 Å². The molecule has 0 radical (unpaired) electrons. The summed E-state index contributed by atoms with van der Waals surface area (Å²) in [5, 5.41) is 6.57. The van der Waals surface area contributed by atoms with Gasteiger partial charge in [-0.05, 0) is 6.42 Å². The van der Waals surface area contributed by atoms with Crippen LogP contribution in [0.15, 0.2) is 0 Å². The first-order chi connectivity index (χ1) is 14.3. The Morgan fingerprint density at radius 1 is 0.733 bits per heavy atom. The molecule has 0 rings (SSSR count). The van der Waals surface area contributed by atoms with Crippen LogP contribution < -0.4 is 0 Å². The Hall–Kier alpha value is -1.15. The van der Waals surface area contributed by atoms with Gasteiger partial charge in [0.25, 0.3) is 10.1 Å². The third-order valence-electron chi connectivity index (χ3n) is 5.22. The van der Waals surface area contributed by atoms with Crippen molar-refractivity contribution in [2.45, 2.75) is 121 Å². The zero-order valence-electron chi connectivity index (χ0n) is 18.6. The molecule has 0 fully saturated rings. The Labute approximate surface area is 182 Å². The molecule has 2 N–H and O–H groups in total. The molecule has 30 heavy (non-hydrogen) atoms. The fraction of sp³-hybridized carbons (Fsp3) is 0.909. The van der Waals surface area contributed by atoms with Gasteiger partial charge in [0.1, 0.15) is 0 Å². The van der Waals surface area contributed by atoms with Crippen molar-refractivity contribution in [2.24, 2.45) is 0 Å². The molecule has 7 nitrogen and oxygen atoms in total. The molecule has 0 amide bonds. The first-order valence-electron chi connectivity index (χ1n) is 11.6. The summed E-state index contributed by atoms with van der Waals surface area (Å²) in [4.78, 5) is 22.3. The maximum absolute atomic E-state index is 11.7. The smallest absolute Gasteiger partial charge is 0.327 e. The average molecular weight is 451 g/mol. The van der Waals surface area contributed by atoms with Gasteiger partial charge in [-0.15, -0.1) is 0 Å². The molecule has 0 aromatic carbocycles. The van der Waals surface area contributed by atoms with Crippen LogP contribution in [0, 0.1) is 0 Å². The largest absolute Gasteiger partial charge is 0.481 e. The Kier molecular flexibility index (Phi) is 17.9. The highest BCUT2D eigenvalue weighted by atomic mass is 32.2. The molecule has 0 spiro atoms. The van der Waals surface area contributed by atoms with Crippen molar-refractivity contribution in [2.75, 3.05) is 6.61 Å². The lowest BCUT2D eigenvalue weighted by Gasteiger charge is -2.11. The van der Waals surface area contributed by atoms with Crippen molar-refractivity contribution in [3.05, 3.63) is 0 Å². The van der Waals surface area contributed by atoms with Gasteiger partial charge in [-0.3, -0.25) is 14.1 Å². The van der Waals surface area contributed by atoms with Crippen LogP contribution in [0.2, 0.25) is 0 Å². The van der Waals surface area contributed by atoms with Gasteiger partial charge in [-0.25, -0.2) is 0 Å². The van der Waals surface area contributed by atoms with Crippen molar-refractivity contribution in [3.63, 3.8) is 0 Å². The van der Waals surface area contributed by atoms with E-state index in [4.69, 9.17) is 14.4 Å². The summed E-state index contributed by atoms with van der Waals surface area (Å²) in [6, 6.07) is 0. The molecule has 0 saturated heterocycles. The highest BCUT2D eigenvalue weighted by Crippen LogP contribution is 2.14. The Morgan fingerprint density at radius 2 is 1.10 bits per heavy atom. The normalized spacial score (nSPS) is 12.6. The van der Waals surface area contributed by atoms with E-state index < -0.39 is 33.7 Å². The molecular formula is C22H42O7S. The second kappa shape index (κ2) is 18.6. The molecule has 0 aromatic heterocycles. The summed E-state index contributed by atoms with van der Waals surface area (Å²) in [6.07, 6.45) is 18.5. The molecule has 0 heterocycles. The second-order valence-corrected chi connectivity index (χ2v) is 9.67. The maximum Gasteiger partial charge on any atom is 0.327 e. The van der Waals surface area contributed by atoms with Crippen molar-refractivity contribution in [1.82, 2.24) is 0 Å². The summed E-state index contributed by atoms with van der Waals surface area (Å²) in [5.74, 6) is -2.70. The van der Waals surface area contributed by atoms with E-state index >= 15 is 0 Å². The highest BCUT2D eigenvalue weighted by Gasteiger charge is 2.34. The first-order valence-corrected chi connectivity index (χ1v) is 13.1. The lowest BCUT2D eigenvalue weighted by atomic mass is 10.0. The summed E-state index contributed by atoms with van der Waals surface area (Å²) in [6.45, 7) is 2.27. The molecule has 0 aliphatic rings. The number of aliphatic carboxylic acids is 1. The van der Waals surface area contributed by atoms with Crippen molar-refractivity contribution in [3.8, 4) is 0 Å². The standard InChI is InChI=1S/C22H42O7S/c1-2-3-4-5-6-7-8-9-10-11-12-13-14-15-16-17-18-29-22(25)20(19-21(23)24)30(26,27)28/h20H,2-19H2,1H3,(H,23,24)(H,26,27,28)/t20-/m0/s1. The van der Waals surface area contributed by atoms with Gasteiger partial charge in [-0.2, -0.15) is 8.42 Å². The maximum atomic E-state index is 11.7. The number of rotatable bonds is 21. The van der Waals surface area contributed by atoms with Crippen LogP contribution in [-0.2, 0) is 24.4 Å². The number of esters is 1. The zero-order valence-corrected chi connectivity index (χ0v) is 19.5. The molecule has 1 atom stereocenters. The van der Waals surface area contributed by atoms with Gasteiger partial charge in [0.2, 0.25) is 0 Å². The number of hydrogen-bond acceptors (Lipinski definition) is 5. The molecule has 178 valence electrons. The van der Waals surface area contributed by atoms with Gasteiger partial charge < -0.3 is 9.84 Å². The van der Waals surface area contributed by atoms with Crippen molar-refractivity contribution < 1.29 is 32.4 Å². The number of carboxylic acids is 1. The Bertz CT molecular complexity index is 546. The molecule has 0 aliphatic heterocycles. The summed E-state index contributed by atoms with van der Waals surface area (Å²) in [7, 11) is -4.79. The predicted octanol–water partition coefficient (Wildman–Crippen LogP) is 5.52. The van der Waals surface area contributed by atoms with Crippen LogP contribution in [-0.4, -0.2) is 41.9 Å². The number of carbonyl (C=O) groups excluding carboxylic acids is 1. The molecular weight excluding hydrogens is 408 g/mol. The average Bonchev–Trinajstić information content (AvgIpc) is 2.67. The number of carbonyl (C=O) groups is 2. The number of carboxylic acid groups (broad SMARTS) is 1. The van der Waals surface area contributed by atoms with E-state index in [2.05, 4.69) is 6.92 Å². The quantitative estimate of drug-likeness (QED) is 0.134. The number of ether oxygens (including phenoxy) is 1. The van der Waals surface area contributed by atoms with E-state index in [-0.39, 0.29) is 6.61 Å². The third-order valence-corrected chi connectivity index (χ3v) is 6.30. The molecule has 8 heteroatoms. The van der Waals surface area contributed by atoms with Gasteiger partial charge in [0, 0.05) is 0 Å². The van der Waals surface area contributed by atoms with E-state index in [1.807, 2.05) is 0 Å². The van der Waals surface area contributed by atoms with E-state index in [0.717, 1.165) is 19.3 Å². The van der Waals surface area contributed by atoms with Gasteiger partial charge >= 0.3 is 11.9 Å². The monoisotopic (exact) mass is 450 g/mol. The minimum absolute atomic E-state index is 0.0307. The lowest BCUT2D eigenvalue weighted by molar-refractivity contribution is -0.147. The third kappa shape index (κ3) is 17.7. The van der Waals surface area contributed by atoms with Gasteiger partial charge in [0.15, 0.2) is 5.25 Å². The topological polar surface area (TPSA) is 118 Å². The van der Waals surface area contributed by atoms with Crippen LogP contribution in [0.25, 0.3) is 0 Å².